The molecule has 0 aliphatic rings. The van der Waals surface area contributed by atoms with Crippen molar-refractivity contribution in [3.63, 3.8) is 0 Å². The highest BCUT2D eigenvalue weighted by Crippen LogP contribution is 2.49. The fraction of sp³-hybridized carbons (Fsp3) is 0.448. The molecule has 218 valence electrons. The molecule has 0 radical (unpaired) electrons. The molecule has 1 aromatic heterocycles. The van der Waals surface area contributed by atoms with Crippen molar-refractivity contribution >= 4 is 7.60 Å². The van der Waals surface area contributed by atoms with Crippen molar-refractivity contribution < 1.29 is 27.8 Å². The van der Waals surface area contributed by atoms with E-state index >= 15 is 0 Å². The van der Waals surface area contributed by atoms with Gasteiger partial charge in [-0.25, -0.2) is 4.79 Å². The largest absolute Gasteiger partial charge is 0.374 e. The van der Waals surface area contributed by atoms with Crippen LogP contribution in [0.5, 0.6) is 0 Å². The van der Waals surface area contributed by atoms with E-state index in [-0.39, 0.29) is 39.1 Å². The lowest BCUT2D eigenvalue weighted by molar-refractivity contribution is -0.127. The molecule has 0 bridgehead atoms. The predicted molar refractivity (Wildman–Crippen MR) is 152 cm³/mol. The van der Waals surface area contributed by atoms with Crippen molar-refractivity contribution in [2.75, 3.05) is 26.0 Å². The molecule has 0 unspecified atom stereocenters. The van der Waals surface area contributed by atoms with E-state index in [0.717, 1.165) is 11.1 Å². The van der Waals surface area contributed by atoms with Crippen LogP contribution in [0.2, 0.25) is 0 Å². The number of benzene rings is 2. The molecule has 1 N–H and O–H groups in total. The summed E-state index contributed by atoms with van der Waals surface area (Å²) in [6.45, 7) is 6.29. The standard InChI is InChI=1S/C29H39N2O8P/c1-4-38-40(34,39-5-2)17-16-26(37-22-31-18-23(3)28(32)30-29(31)33)27(36-20-25-14-10-7-11-15-25)21-35-19-24-12-8-6-9-13-24/h6-15,18,26-27H,4-5,16-17,19-22H2,1-3H3,(H,30,32,33)/t26-,27+/m1/s1. The number of aromatic amines is 1. The topological polar surface area (TPSA) is 118 Å². The Morgan fingerprint density at radius 1 is 0.850 bits per heavy atom. The van der Waals surface area contributed by atoms with Crippen molar-refractivity contribution in [3.05, 3.63) is 104 Å². The molecule has 11 heteroatoms. The monoisotopic (exact) mass is 574 g/mol. The fourth-order valence-electron chi connectivity index (χ4n) is 4.02. The average Bonchev–Trinajstić information content (AvgIpc) is 2.95. The fourth-order valence-corrected chi connectivity index (χ4v) is 5.71. The summed E-state index contributed by atoms with van der Waals surface area (Å²) in [6.07, 6.45) is 0.550. The van der Waals surface area contributed by atoms with Gasteiger partial charge < -0.3 is 23.3 Å². The lowest BCUT2D eigenvalue weighted by atomic mass is 10.1. The van der Waals surface area contributed by atoms with Crippen LogP contribution in [0.25, 0.3) is 0 Å². The number of H-pyrrole nitrogens is 1. The van der Waals surface area contributed by atoms with Crippen molar-refractivity contribution in [1.82, 2.24) is 9.55 Å². The van der Waals surface area contributed by atoms with Crippen LogP contribution in [0.15, 0.2) is 76.4 Å². The minimum absolute atomic E-state index is 0.0861. The summed E-state index contributed by atoms with van der Waals surface area (Å²) in [5.74, 6) is 0. The van der Waals surface area contributed by atoms with Gasteiger partial charge in [0.1, 0.15) is 12.8 Å². The van der Waals surface area contributed by atoms with E-state index < -0.39 is 31.1 Å². The molecular weight excluding hydrogens is 535 g/mol. The van der Waals surface area contributed by atoms with Gasteiger partial charge in [-0.1, -0.05) is 60.7 Å². The van der Waals surface area contributed by atoms with Gasteiger partial charge >= 0.3 is 13.3 Å². The summed E-state index contributed by atoms with van der Waals surface area (Å²) in [4.78, 5) is 26.5. The molecule has 0 fully saturated rings. The van der Waals surface area contributed by atoms with Gasteiger partial charge in [0, 0.05) is 11.8 Å². The van der Waals surface area contributed by atoms with E-state index in [4.69, 9.17) is 23.3 Å². The highest BCUT2D eigenvalue weighted by Gasteiger charge is 2.30. The van der Waals surface area contributed by atoms with Gasteiger partial charge in [0.25, 0.3) is 5.56 Å². The summed E-state index contributed by atoms with van der Waals surface area (Å²) >= 11 is 0. The number of nitrogens with one attached hydrogen (secondary N) is 1. The smallest absolute Gasteiger partial charge is 0.330 e. The molecule has 0 saturated heterocycles. The van der Waals surface area contributed by atoms with Gasteiger partial charge in [-0.15, -0.1) is 0 Å². The first-order valence-corrected chi connectivity index (χ1v) is 15.1. The highest BCUT2D eigenvalue weighted by molar-refractivity contribution is 7.53. The third-order valence-corrected chi connectivity index (χ3v) is 8.18. The van der Waals surface area contributed by atoms with Gasteiger partial charge in [0.05, 0.1) is 45.3 Å². The molecule has 10 nitrogen and oxygen atoms in total. The van der Waals surface area contributed by atoms with E-state index in [1.165, 1.54) is 10.8 Å². The van der Waals surface area contributed by atoms with Crippen LogP contribution in [0, 0.1) is 6.92 Å². The number of hydrogen-bond acceptors (Lipinski definition) is 8. The normalized spacial score (nSPS) is 13.3. The second kappa shape index (κ2) is 16.4. The summed E-state index contributed by atoms with van der Waals surface area (Å²) in [6, 6.07) is 19.5. The molecule has 0 amide bonds. The maximum Gasteiger partial charge on any atom is 0.330 e. The van der Waals surface area contributed by atoms with Gasteiger partial charge in [-0.2, -0.15) is 0 Å². The number of nitrogens with zero attached hydrogens (tertiary/aromatic N) is 1. The molecule has 0 aliphatic carbocycles. The van der Waals surface area contributed by atoms with E-state index in [1.54, 1.807) is 20.8 Å². The highest BCUT2D eigenvalue weighted by atomic mass is 31.2. The Balaban J connectivity index is 1.83. The lowest BCUT2D eigenvalue weighted by Crippen LogP contribution is -2.39. The zero-order valence-corrected chi connectivity index (χ0v) is 24.2. The minimum Gasteiger partial charge on any atom is -0.374 e. The molecule has 0 saturated carbocycles. The average molecular weight is 575 g/mol. The van der Waals surface area contributed by atoms with E-state index in [0.29, 0.717) is 18.8 Å². The third kappa shape index (κ3) is 10.3. The molecule has 2 aromatic carbocycles. The first-order valence-electron chi connectivity index (χ1n) is 13.4. The van der Waals surface area contributed by atoms with Crippen molar-refractivity contribution in [1.29, 1.82) is 0 Å². The summed E-state index contributed by atoms with van der Waals surface area (Å²) in [7, 11) is -3.38. The second-order valence-corrected chi connectivity index (χ2v) is 11.4. The van der Waals surface area contributed by atoms with Crippen LogP contribution < -0.4 is 11.2 Å². The number of hydrogen-bond donors (Lipinski definition) is 1. The molecule has 40 heavy (non-hydrogen) atoms. The quantitative estimate of drug-likeness (QED) is 0.218. The zero-order valence-electron chi connectivity index (χ0n) is 23.3. The van der Waals surface area contributed by atoms with Crippen LogP contribution in [-0.2, 0) is 47.8 Å². The van der Waals surface area contributed by atoms with Crippen molar-refractivity contribution in [2.24, 2.45) is 0 Å². The van der Waals surface area contributed by atoms with Crippen LogP contribution in [0.1, 0.15) is 37.0 Å². The Hall–Kier alpha value is -2.85. The van der Waals surface area contributed by atoms with E-state index in [2.05, 4.69) is 4.98 Å². The van der Waals surface area contributed by atoms with Crippen molar-refractivity contribution in [2.45, 2.75) is 59.3 Å². The second-order valence-electron chi connectivity index (χ2n) is 9.17. The molecule has 3 rings (SSSR count). The first-order chi connectivity index (χ1) is 19.3. The Morgan fingerprint density at radius 3 is 2.05 bits per heavy atom. The third-order valence-electron chi connectivity index (χ3n) is 6.07. The number of rotatable bonds is 18. The maximum atomic E-state index is 13.3. The number of aryl methyl sites for hydroxylation is 1. The van der Waals surface area contributed by atoms with E-state index in [9.17, 15) is 14.2 Å². The van der Waals surface area contributed by atoms with Crippen LogP contribution in [0.3, 0.4) is 0 Å². The summed E-state index contributed by atoms with van der Waals surface area (Å²) < 4.78 is 44.1. The van der Waals surface area contributed by atoms with Gasteiger partial charge in [0.15, 0.2) is 0 Å². The predicted octanol–water partition coefficient (Wildman–Crippen LogP) is 4.65. The zero-order chi connectivity index (χ0) is 28.8. The molecule has 3 aromatic rings. The molecule has 0 spiro atoms. The van der Waals surface area contributed by atoms with E-state index in [1.807, 2.05) is 60.7 Å². The van der Waals surface area contributed by atoms with Gasteiger partial charge in [0.2, 0.25) is 0 Å². The summed E-state index contributed by atoms with van der Waals surface area (Å²) in [5.41, 5.74) is 1.31. The Bertz CT molecular complexity index is 1300. The van der Waals surface area contributed by atoms with Crippen LogP contribution in [-0.4, -0.2) is 47.7 Å². The van der Waals surface area contributed by atoms with Crippen LogP contribution in [0.4, 0.5) is 0 Å². The maximum absolute atomic E-state index is 13.3. The minimum atomic E-state index is -3.38. The number of ether oxygens (including phenoxy) is 3. The lowest BCUT2D eigenvalue weighted by Gasteiger charge is -2.29. The SMILES string of the molecule is CCOP(=O)(CC[C@@H](OCn1cc(C)c(=O)[nH]c1=O)[C@H](COCc1ccccc1)OCc1ccccc1)OCC. The summed E-state index contributed by atoms with van der Waals surface area (Å²) in [5, 5.41) is 0. The van der Waals surface area contributed by atoms with Gasteiger partial charge in [-0.05, 0) is 38.3 Å². The molecular formula is C29H39N2O8P. The molecule has 0 aliphatic heterocycles. The number of aromatic nitrogens is 2. The Morgan fingerprint density at radius 2 is 1.45 bits per heavy atom. The van der Waals surface area contributed by atoms with Crippen molar-refractivity contribution in [3.8, 4) is 0 Å². The Labute approximate surface area is 234 Å². The first kappa shape index (κ1) is 31.7. The molecule has 1 heterocycles. The van der Waals surface area contributed by atoms with Gasteiger partial charge in [-0.3, -0.25) is 18.9 Å². The Kier molecular flexibility index (Phi) is 13.0. The molecule has 2 atom stereocenters. The van der Waals surface area contributed by atoms with Crippen LogP contribution >= 0.6 is 7.60 Å².